The Hall–Kier alpha value is -4.39. The molecule has 1 amide bonds. The van der Waals surface area contributed by atoms with Crippen molar-refractivity contribution >= 4 is 29.1 Å². The number of rotatable bonds is 3. The van der Waals surface area contributed by atoms with Crippen molar-refractivity contribution in [2.45, 2.75) is 17.7 Å². The van der Waals surface area contributed by atoms with E-state index in [2.05, 4.69) is 0 Å². The number of nitrogens with zero attached hydrogens (tertiary/aromatic N) is 1. The van der Waals surface area contributed by atoms with Gasteiger partial charge in [0.05, 0.1) is 29.2 Å². The number of Topliss-reactive ketones (excluding diaryl/α,β-unsaturated/α-hetero) is 2. The molecule has 0 heterocycles. The van der Waals surface area contributed by atoms with Crippen LogP contribution in [0.5, 0.6) is 5.75 Å². The molecule has 5 atom stereocenters. The molecule has 0 aliphatic heterocycles. The Morgan fingerprint density at radius 1 is 1.10 bits per heavy atom. The molecule has 2 aromatic rings. The van der Waals surface area contributed by atoms with Crippen LogP contribution >= 0.6 is 0 Å². The standard InChI is InChI=1S/C28H24F2N2O8/c1-32(2)21-20-23(35)17-13(8-10-6-7-11(29)9-14(10)30)12-4-3-5-15(33)16(12)22(34)18(17)25(37)28(20,40)26(38)19(24(21)36)27(31)39/h3-9,17,20-21,23,33,35-37,40H,1-2H3,(H2,31,39)/b13-8+. The highest BCUT2D eigenvalue weighted by atomic mass is 19.1. The molecule has 0 saturated carbocycles. The summed E-state index contributed by atoms with van der Waals surface area (Å²) in [5, 5.41) is 56.5. The smallest absolute Gasteiger partial charge is 0.255 e. The third kappa shape index (κ3) is 3.53. The summed E-state index contributed by atoms with van der Waals surface area (Å²) in [7, 11) is 2.81. The van der Waals surface area contributed by atoms with E-state index >= 15 is 0 Å². The van der Waals surface area contributed by atoms with E-state index in [1.807, 2.05) is 0 Å². The molecule has 5 rings (SSSR count). The first-order valence-electron chi connectivity index (χ1n) is 12.0. The second kappa shape index (κ2) is 9.08. The highest BCUT2D eigenvalue weighted by Gasteiger charge is 2.67. The fourth-order valence-corrected chi connectivity index (χ4v) is 6.10. The molecule has 208 valence electrons. The molecular formula is C28H24F2N2O8. The van der Waals surface area contributed by atoms with Crippen molar-refractivity contribution in [1.29, 1.82) is 0 Å². The Morgan fingerprint density at radius 3 is 2.38 bits per heavy atom. The predicted octanol–water partition coefficient (Wildman–Crippen LogP) is 1.37. The van der Waals surface area contributed by atoms with Gasteiger partial charge in [0, 0.05) is 17.5 Å². The van der Waals surface area contributed by atoms with Crippen molar-refractivity contribution in [2.24, 2.45) is 17.6 Å². The van der Waals surface area contributed by atoms with Crippen LogP contribution in [0, 0.1) is 23.5 Å². The summed E-state index contributed by atoms with van der Waals surface area (Å²) in [4.78, 5) is 40.6. The second-order valence-corrected chi connectivity index (χ2v) is 10.2. The van der Waals surface area contributed by atoms with Gasteiger partial charge in [-0.05, 0) is 49.5 Å². The maximum absolute atomic E-state index is 14.8. The van der Waals surface area contributed by atoms with Crippen LogP contribution in [0.25, 0.3) is 11.6 Å². The fraction of sp³-hybridized carbons (Fsp3) is 0.250. The zero-order valence-electron chi connectivity index (χ0n) is 21.1. The quantitative estimate of drug-likeness (QED) is 0.305. The molecule has 0 spiro atoms. The molecule has 5 unspecified atom stereocenters. The van der Waals surface area contributed by atoms with Crippen LogP contribution < -0.4 is 5.73 Å². The number of fused-ring (bicyclic) bond motifs is 3. The molecule has 0 bridgehead atoms. The summed E-state index contributed by atoms with van der Waals surface area (Å²) in [6.07, 6.45) is -0.733. The molecule has 7 N–H and O–H groups in total. The first-order valence-corrected chi connectivity index (χ1v) is 12.0. The van der Waals surface area contributed by atoms with Crippen LogP contribution in [-0.4, -0.2) is 79.7 Å². The highest BCUT2D eigenvalue weighted by molar-refractivity contribution is 6.25. The maximum atomic E-state index is 14.8. The number of benzene rings is 2. The lowest BCUT2D eigenvalue weighted by Crippen LogP contribution is -2.68. The molecule has 0 radical (unpaired) electrons. The average Bonchev–Trinajstić information content (AvgIpc) is 2.86. The zero-order chi connectivity index (χ0) is 29.4. The fourth-order valence-electron chi connectivity index (χ4n) is 6.10. The summed E-state index contributed by atoms with van der Waals surface area (Å²) < 4.78 is 28.4. The van der Waals surface area contributed by atoms with Gasteiger partial charge in [0.15, 0.2) is 11.4 Å². The van der Waals surface area contributed by atoms with Crippen LogP contribution in [0.1, 0.15) is 21.5 Å². The van der Waals surface area contributed by atoms with Crippen molar-refractivity contribution in [3.05, 3.63) is 87.4 Å². The molecule has 40 heavy (non-hydrogen) atoms. The van der Waals surface area contributed by atoms with E-state index in [0.717, 1.165) is 12.1 Å². The van der Waals surface area contributed by atoms with Crippen molar-refractivity contribution in [3.8, 4) is 5.75 Å². The van der Waals surface area contributed by atoms with Crippen LogP contribution in [0.15, 0.2) is 59.1 Å². The van der Waals surface area contributed by atoms with E-state index in [1.165, 1.54) is 43.3 Å². The summed E-state index contributed by atoms with van der Waals surface area (Å²) in [5.41, 5.74) is -0.0143. The van der Waals surface area contributed by atoms with Gasteiger partial charge in [-0.15, -0.1) is 0 Å². The van der Waals surface area contributed by atoms with Crippen molar-refractivity contribution in [1.82, 2.24) is 4.90 Å². The molecule has 0 aromatic heterocycles. The van der Waals surface area contributed by atoms with Crippen molar-refractivity contribution < 1.29 is 48.7 Å². The minimum Gasteiger partial charge on any atom is -0.510 e. The summed E-state index contributed by atoms with van der Waals surface area (Å²) >= 11 is 0. The van der Waals surface area contributed by atoms with Gasteiger partial charge in [-0.3, -0.25) is 19.3 Å². The molecule has 0 saturated heterocycles. The van der Waals surface area contributed by atoms with Crippen molar-refractivity contribution in [3.63, 3.8) is 0 Å². The van der Waals surface area contributed by atoms with Crippen LogP contribution in [0.4, 0.5) is 8.78 Å². The zero-order valence-corrected chi connectivity index (χ0v) is 21.1. The largest absolute Gasteiger partial charge is 0.510 e. The predicted molar refractivity (Wildman–Crippen MR) is 136 cm³/mol. The first kappa shape index (κ1) is 27.2. The van der Waals surface area contributed by atoms with Crippen LogP contribution in [-0.2, 0) is 9.59 Å². The normalized spacial score (nSPS) is 29.0. The summed E-state index contributed by atoms with van der Waals surface area (Å²) in [6, 6.07) is 5.19. The van der Waals surface area contributed by atoms with E-state index in [0.29, 0.717) is 6.07 Å². The molecule has 2 aromatic carbocycles. The second-order valence-electron chi connectivity index (χ2n) is 10.2. The molecule has 12 heteroatoms. The number of ketones is 2. The van der Waals surface area contributed by atoms with Crippen LogP contribution in [0.2, 0.25) is 0 Å². The number of hydrogen-bond donors (Lipinski definition) is 6. The number of aliphatic hydroxyl groups is 4. The topological polar surface area (TPSA) is 182 Å². The van der Waals surface area contributed by atoms with E-state index in [4.69, 9.17) is 5.73 Å². The lowest BCUT2D eigenvalue weighted by atomic mass is 9.56. The van der Waals surface area contributed by atoms with E-state index in [9.17, 15) is 48.7 Å². The molecule has 3 aliphatic rings. The number of hydrogen-bond acceptors (Lipinski definition) is 9. The maximum Gasteiger partial charge on any atom is 0.255 e. The van der Waals surface area contributed by atoms with Gasteiger partial charge in [0.25, 0.3) is 5.91 Å². The van der Waals surface area contributed by atoms with Gasteiger partial charge in [-0.2, -0.15) is 0 Å². The number of phenolic OH excluding ortho intramolecular Hbond substituents is 1. The van der Waals surface area contributed by atoms with Gasteiger partial charge in [-0.25, -0.2) is 8.78 Å². The Morgan fingerprint density at radius 2 is 1.77 bits per heavy atom. The third-order valence-electron chi connectivity index (χ3n) is 7.81. The number of carbonyl (C=O) groups excluding carboxylic acids is 3. The van der Waals surface area contributed by atoms with Gasteiger partial charge in [0.1, 0.15) is 34.5 Å². The lowest BCUT2D eigenvalue weighted by molar-refractivity contribution is -0.159. The highest BCUT2D eigenvalue weighted by Crippen LogP contribution is 2.55. The molecule has 3 aliphatic carbocycles. The average molecular weight is 555 g/mol. The number of halogens is 2. The summed E-state index contributed by atoms with van der Waals surface area (Å²) in [5.74, 6) is -11.8. The number of carbonyl (C=O) groups is 3. The lowest BCUT2D eigenvalue weighted by Gasteiger charge is -2.52. The minimum absolute atomic E-state index is 0.0127. The Kier molecular flexibility index (Phi) is 6.17. The van der Waals surface area contributed by atoms with Gasteiger partial charge >= 0.3 is 0 Å². The Bertz CT molecular complexity index is 1610. The monoisotopic (exact) mass is 554 g/mol. The Balaban J connectivity index is 1.88. The molecule has 0 fully saturated rings. The number of amides is 1. The van der Waals surface area contributed by atoms with E-state index in [-0.39, 0.29) is 22.3 Å². The Labute approximate surface area is 225 Å². The van der Waals surface area contributed by atoms with Gasteiger partial charge in [0.2, 0.25) is 5.78 Å². The SMILES string of the molecule is CN(C)C1C(O)=C(C(N)=O)C(=O)C2(O)C(O)=C3C(=O)c4c(O)cccc4/C(=C\c4ccc(F)cc4F)C3C(O)C12. The number of phenols is 1. The first-order chi connectivity index (χ1) is 18.7. The van der Waals surface area contributed by atoms with Gasteiger partial charge < -0.3 is 31.3 Å². The van der Waals surface area contributed by atoms with Crippen molar-refractivity contribution in [2.75, 3.05) is 14.1 Å². The van der Waals surface area contributed by atoms with Gasteiger partial charge in [-0.1, -0.05) is 12.1 Å². The number of aromatic hydroxyl groups is 1. The van der Waals surface area contributed by atoms with E-state index in [1.54, 1.807) is 0 Å². The minimum atomic E-state index is -3.10. The number of likely N-dealkylation sites (N-methyl/N-ethyl adjacent to an activating group) is 1. The molecule has 10 nitrogen and oxygen atoms in total. The number of aliphatic hydroxyl groups excluding tert-OH is 3. The van der Waals surface area contributed by atoms with E-state index < -0.39 is 87.1 Å². The number of nitrogens with two attached hydrogens (primary N) is 1. The van der Waals surface area contributed by atoms with Crippen LogP contribution in [0.3, 0.4) is 0 Å². The molecular weight excluding hydrogens is 530 g/mol. The third-order valence-corrected chi connectivity index (χ3v) is 7.81. The number of primary amides is 1. The summed E-state index contributed by atoms with van der Waals surface area (Å²) in [6.45, 7) is 0.